The summed E-state index contributed by atoms with van der Waals surface area (Å²) in [7, 11) is 1.55. The summed E-state index contributed by atoms with van der Waals surface area (Å²) >= 11 is 1.57. The van der Waals surface area contributed by atoms with Crippen molar-refractivity contribution in [1.29, 1.82) is 0 Å². The molecule has 0 spiro atoms. The predicted octanol–water partition coefficient (Wildman–Crippen LogP) is 1.64. The van der Waals surface area contributed by atoms with Gasteiger partial charge < -0.3 is 9.64 Å². The minimum Gasteiger partial charge on any atom is -0.375 e. The predicted molar refractivity (Wildman–Crippen MR) is 83.4 cm³/mol. The summed E-state index contributed by atoms with van der Waals surface area (Å²) in [5.41, 5.74) is 3.69. The number of hydrogen-bond donors (Lipinski definition) is 0. The van der Waals surface area contributed by atoms with Crippen molar-refractivity contribution in [2.75, 3.05) is 26.8 Å². The van der Waals surface area contributed by atoms with Crippen molar-refractivity contribution < 1.29 is 9.53 Å². The third kappa shape index (κ3) is 3.31. The smallest absolute Gasteiger partial charge is 0.248 e. The molecule has 1 fully saturated rings. The molecule has 7 heteroatoms. The van der Waals surface area contributed by atoms with Crippen LogP contribution in [0.2, 0.25) is 0 Å². The van der Waals surface area contributed by atoms with Crippen LogP contribution in [0.25, 0.3) is 10.6 Å². The van der Waals surface area contributed by atoms with E-state index < -0.39 is 0 Å². The average molecular weight is 318 g/mol. The highest BCUT2D eigenvalue weighted by Crippen LogP contribution is 2.27. The minimum atomic E-state index is 0.0619. The van der Waals surface area contributed by atoms with Gasteiger partial charge in [0.25, 0.3) is 0 Å². The van der Waals surface area contributed by atoms with Gasteiger partial charge >= 0.3 is 0 Å². The highest BCUT2D eigenvalue weighted by Gasteiger charge is 2.27. The quantitative estimate of drug-likeness (QED) is 0.838. The maximum atomic E-state index is 11.9. The van der Waals surface area contributed by atoms with Gasteiger partial charge in [0.2, 0.25) is 5.91 Å². The number of aromatic nitrogens is 3. The molecule has 1 aliphatic rings. The van der Waals surface area contributed by atoms with Crippen molar-refractivity contribution in [2.24, 2.45) is 5.92 Å². The van der Waals surface area contributed by atoms with Gasteiger partial charge in [-0.3, -0.25) is 19.7 Å². The molecule has 2 aromatic heterocycles. The number of methoxy groups -OCH3 is 1. The molecule has 0 N–H and O–H groups in total. The molecule has 0 bridgehead atoms. The topological polar surface area (TPSA) is 68.2 Å². The summed E-state index contributed by atoms with van der Waals surface area (Å²) in [6, 6.07) is 0. The molecule has 0 saturated carbocycles. The van der Waals surface area contributed by atoms with Gasteiger partial charge in [0.1, 0.15) is 12.3 Å². The maximum absolute atomic E-state index is 11.9. The monoisotopic (exact) mass is 318 g/mol. The van der Waals surface area contributed by atoms with Gasteiger partial charge in [-0.25, -0.2) is 0 Å². The van der Waals surface area contributed by atoms with E-state index in [4.69, 9.17) is 4.74 Å². The number of likely N-dealkylation sites (tertiary alicyclic amines) is 1. The third-order valence-electron chi connectivity index (χ3n) is 3.83. The van der Waals surface area contributed by atoms with E-state index in [1.54, 1.807) is 36.4 Å². The van der Waals surface area contributed by atoms with Crippen LogP contribution in [0.1, 0.15) is 12.1 Å². The molecule has 22 heavy (non-hydrogen) atoms. The van der Waals surface area contributed by atoms with Crippen molar-refractivity contribution in [3.05, 3.63) is 29.8 Å². The summed E-state index contributed by atoms with van der Waals surface area (Å²) in [5.74, 6) is 0.482. The first-order valence-electron chi connectivity index (χ1n) is 7.23. The van der Waals surface area contributed by atoms with Gasteiger partial charge in [-0.05, 0) is 18.8 Å². The van der Waals surface area contributed by atoms with Gasteiger partial charge in [-0.15, -0.1) is 11.3 Å². The Kier molecular flexibility index (Phi) is 4.74. The lowest BCUT2D eigenvalue weighted by atomic mass is 10.0. The van der Waals surface area contributed by atoms with Crippen molar-refractivity contribution in [2.45, 2.75) is 12.8 Å². The summed E-state index contributed by atoms with van der Waals surface area (Å²) in [6.45, 7) is 1.72. The number of carbonyl (C=O) groups excluding carboxylic acids is 1. The van der Waals surface area contributed by atoms with E-state index in [9.17, 15) is 4.79 Å². The van der Waals surface area contributed by atoms with E-state index in [0.717, 1.165) is 42.2 Å². The molecule has 0 radical (unpaired) electrons. The molecule has 1 aliphatic heterocycles. The zero-order valence-corrected chi connectivity index (χ0v) is 13.3. The molecule has 0 aromatic carbocycles. The number of amides is 1. The molecule has 1 amide bonds. The highest BCUT2D eigenvalue weighted by atomic mass is 32.1. The van der Waals surface area contributed by atoms with E-state index in [-0.39, 0.29) is 12.5 Å². The molecule has 3 heterocycles. The maximum Gasteiger partial charge on any atom is 0.248 e. The Morgan fingerprint density at radius 3 is 3.09 bits per heavy atom. The number of ether oxygens (including phenoxy) is 1. The Balaban J connectivity index is 1.69. The molecular weight excluding hydrogens is 300 g/mol. The van der Waals surface area contributed by atoms with Crippen LogP contribution >= 0.6 is 11.3 Å². The van der Waals surface area contributed by atoms with Crippen LogP contribution in [-0.2, 0) is 16.0 Å². The third-order valence-corrected chi connectivity index (χ3v) is 4.61. The first kappa shape index (κ1) is 15.1. The van der Waals surface area contributed by atoms with Crippen LogP contribution in [0.15, 0.2) is 24.1 Å². The number of nitrogens with zero attached hydrogens (tertiary/aromatic N) is 4. The normalized spacial score (nSPS) is 17.9. The van der Waals surface area contributed by atoms with E-state index >= 15 is 0 Å². The first-order chi connectivity index (χ1) is 10.8. The molecule has 0 aliphatic carbocycles. The second-order valence-electron chi connectivity index (χ2n) is 5.35. The largest absolute Gasteiger partial charge is 0.375 e. The first-order valence-corrected chi connectivity index (χ1v) is 8.11. The molecule has 116 valence electrons. The Hall–Kier alpha value is -1.86. The Morgan fingerprint density at radius 1 is 1.45 bits per heavy atom. The molecule has 2 aromatic rings. The Morgan fingerprint density at radius 2 is 2.32 bits per heavy atom. The summed E-state index contributed by atoms with van der Waals surface area (Å²) in [6.07, 6.45) is 7.08. The summed E-state index contributed by atoms with van der Waals surface area (Å²) < 4.78 is 4.92. The van der Waals surface area contributed by atoms with Crippen LogP contribution in [0, 0.1) is 5.92 Å². The molecule has 0 unspecified atom stereocenters. The number of rotatable bonds is 5. The SMILES string of the molecule is COCC(=O)N1CC[C@H](Cc2nccnc2-c2cncs2)C1. The molecular formula is C15H18N4O2S. The second-order valence-corrected chi connectivity index (χ2v) is 6.24. The standard InChI is InChI=1S/C15H18N4O2S/c1-21-9-14(20)19-5-2-11(8-19)6-12-15(18-4-3-17-12)13-7-16-10-22-13/h3-4,7,10-11H,2,5-6,8-9H2,1H3/t11-/m1/s1. The summed E-state index contributed by atoms with van der Waals surface area (Å²) in [4.78, 5) is 27.8. The van der Waals surface area contributed by atoms with Crippen molar-refractivity contribution >= 4 is 17.2 Å². The Labute approximate surface area is 133 Å². The lowest BCUT2D eigenvalue weighted by Crippen LogP contribution is -2.31. The van der Waals surface area contributed by atoms with Crippen molar-refractivity contribution in [3.63, 3.8) is 0 Å². The zero-order chi connectivity index (χ0) is 15.4. The van der Waals surface area contributed by atoms with E-state index in [2.05, 4.69) is 15.0 Å². The molecule has 3 rings (SSSR count). The second kappa shape index (κ2) is 6.93. The minimum absolute atomic E-state index is 0.0619. The Bertz CT molecular complexity index is 632. The lowest BCUT2D eigenvalue weighted by molar-refractivity contribution is -0.134. The van der Waals surface area contributed by atoms with Gasteiger partial charge in [0, 0.05) is 38.8 Å². The van der Waals surface area contributed by atoms with Crippen LogP contribution in [0.3, 0.4) is 0 Å². The summed E-state index contributed by atoms with van der Waals surface area (Å²) in [5, 5.41) is 0. The average Bonchev–Trinajstić information content (AvgIpc) is 3.19. The number of hydrogen-bond acceptors (Lipinski definition) is 6. The van der Waals surface area contributed by atoms with E-state index in [1.165, 1.54) is 0 Å². The molecule has 6 nitrogen and oxygen atoms in total. The van der Waals surface area contributed by atoms with Gasteiger partial charge in [-0.1, -0.05) is 0 Å². The van der Waals surface area contributed by atoms with Gasteiger partial charge in [0.15, 0.2) is 0 Å². The van der Waals surface area contributed by atoms with Crippen LogP contribution in [0.4, 0.5) is 0 Å². The van der Waals surface area contributed by atoms with Gasteiger partial charge in [-0.2, -0.15) is 0 Å². The van der Waals surface area contributed by atoms with E-state index in [1.807, 2.05) is 11.1 Å². The van der Waals surface area contributed by atoms with Crippen LogP contribution in [-0.4, -0.2) is 52.6 Å². The fraction of sp³-hybridized carbons (Fsp3) is 0.467. The zero-order valence-electron chi connectivity index (χ0n) is 12.4. The molecule has 1 atom stereocenters. The fourth-order valence-electron chi connectivity index (χ4n) is 2.77. The van der Waals surface area contributed by atoms with Crippen molar-refractivity contribution in [3.8, 4) is 10.6 Å². The van der Waals surface area contributed by atoms with E-state index in [0.29, 0.717) is 5.92 Å². The molecule has 1 saturated heterocycles. The fourth-order valence-corrected chi connectivity index (χ4v) is 3.41. The number of thiazole rings is 1. The van der Waals surface area contributed by atoms with Crippen LogP contribution < -0.4 is 0 Å². The van der Waals surface area contributed by atoms with Crippen molar-refractivity contribution in [1.82, 2.24) is 19.9 Å². The van der Waals surface area contributed by atoms with Crippen LogP contribution in [0.5, 0.6) is 0 Å². The number of carbonyl (C=O) groups is 1. The van der Waals surface area contributed by atoms with Gasteiger partial charge in [0.05, 0.1) is 16.1 Å². The highest BCUT2D eigenvalue weighted by molar-refractivity contribution is 7.13. The lowest BCUT2D eigenvalue weighted by Gasteiger charge is -2.16.